The number of nitrogens with two attached hydrogens (primary N) is 1. The van der Waals surface area contributed by atoms with Gasteiger partial charge in [-0.25, -0.2) is 14.6 Å². The molecule has 4 aromatic rings. The molecule has 3 fully saturated rings. The van der Waals surface area contributed by atoms with Crippen LogP contribution in [0.4, 0.5) is 11.5 Å². The Hall–Kier alpha value is -4.81. The standard InChI is InChI=1S/C42H54N8O4/c1-2-37(51)47-35-27-32(14-15-36(35)54-34-11-4-3-5-12-34)40-39-41(43)45-28-46-42(39)50(48-40)33-16-19-49(20-17-33)21-23-53-22-18-44-38(52)13-7-10-31-25-29-8-6-9-30(24-29)26-31/h2-5,11-12,14-15,27-31,33H,1,6-10,13,16-26H2,(H,44,52)(H,47,51)(H2,43,45,46). The van der Waals surface area contributed by atoms with Gasteiger partial charge in [0.1, 0.15) is 23.6 Å². The quantitative estimate of drug-likeness (QED) is 0.0806. The van der Waals surface area contributed by atoms with Gasteiger partial charge in [0.05, 0.1) is 30.3 Å². The van der Waals surface area contributed by atoms with Crippen molar-refractivity contribution in [1.29, 1.82) is 0 Å². The summed E-state index contributed by atoms with van der Waals surface area (Å²) >= 11 is 0. The van der Waals surface area contributed by atoms with Gasteiger partial charge >= 0.3 is 0 Å². The van der Waals surface area contributed by atoms with Gasteiger partial charge < -0.3 is 30.7 Å². The fourth-order valence-corrected chi connectivity index (χ4v) is 8.81. The number of anilines is 2. The minimum absolute atomic E-state index is 0.126. The summed E-state index contributed by atoms with van der Waals surface area (Å²) in [4.78, 5) is 36.1. The SMILES string of the molecule is C=CC(=O)Nc1cc(-c2nn(C3CCN(CCOCCNC(=O)CCCC4CC5CCCC(C4)C5)CC3)c3ncnc(N)c23)ccc1Oc1ccccc1. The first kappa shape index (κ1) is 37.5. The maximum atomic E-state index is 12.4. The number of rotatable bonds is 16. The highest BCUT2D eigenvalue weighted by Crippen LogP contribution is 2.44. The van der Waals surface area contributed by atoms with Crippen LogP contribution in [0.3, 0.4) is 0 Å². The lowest BCUT2D eigenvalue weighted by molar-refractivity contribution is -0.121. The van der Waals surface area contributed by atoms with Gasteiger partial charge in [0.2, 0.25) is 11.8 Å². The predicted molar refractivity (Wildman–Crippen MR) is 211 cm³/mol. The Labute approximate surface area is 317 Å². The largest absolute Gasteiger partial charge is 0.455 e. The molecule has 12 heteroatoms. The molecular formula is C42H54N8O4. The Kier molecular flexibility index (Phi) is 12.5. The summed E-state index contributed by atoms with van der Waals surface area (Å²) in [5, 5.41) is 11.7. The highest BCUT2D eigenvalue weighted by atomic mass is 16.5. The molecule has 286 valence electrons. The van der Waals surface area contributed by atoms with Gasteiger partial charge in [-0.1, -0.05) is 44.0 Å². The van der Waals surface area contributed by atoms with Crippen LogP contribution < -0.4 is 21.1 Å². The van der Waals surface area contributed by atoms with Crippen molar-refractivity contribution in [3.8, 4) is 22.8 Å². The zero-order valence-electron chi connectivity index (χ0n) is 31.3. The average molecular weight is 735 g/mol. The van der Waals surface area contributed by atoms with E-state index in [1.54, 1.807) is 0 Å². The molecule has 12 nitrogen and oxygen atoms in total. The second-order valence-corrected chi connectivity index (χ2v) is 15.2. The Balaban J connectivity index is 0.887. The maximum Gasteiger partial charge on any atom is 0.247 e. The fourth-order valence-electron chi connectivity index (χ4n) is 8.81. The lowest BCUT2D eigenvalue weighted by Gasteiger charge is -2.39. The lowest BCUT2D eigenvalue weighted by Crippen LogP contribution is -2.37. The van der Waals surface area contributed by atoms with Crippen molar-refractivity contribution in [2.75, 3.05) is 50.4 Å². The summed E-state index contributed by atoms with van der Waals surface area (Å²) in [5.41, 5.74) is 8.98. The number of fused-ring (bicyclic) bond motifs is 3. The van der Waals surface area contributed by atoms with Crippen LogP contribution in [0.15, 0.2) is 67.5 Å². The van der Waals surface area contributed by atoms with Gasteiger partial charge in [-0.3, -0.25) is 9.59 Å². The summed E-state index contributed by atoms with van der Waals surface area (Å²) in [6.07, 6.45) is 15.8. The van der Waals surface area contributed by atoms with Crippen molar-refractivity contribution in [1.82, 2.24) is 30.0 Å². The number of ether oxygens (including phenoxy) is 2. The molecule has 1 aliphatic heterocycles. The molecule has 2 atom stereocenters. The Morgan fingerprint density at radius 2 is 1.78 bits per heavy atom. The summed E-state index contributed by atoms with van der Waals surface area (Å²) in [6.45, 7) is 7.93. The van der Waals surface area contributed by atoms with E-state index < -0.39 is 0 Å². The van der Waals surface area contributed by atoms with Crippen molar-refractivity contribution in [2.24, 2.45) is 17.8 Å². The van der Waals surface area contributed by atoms with Crippen molar-refractivity contribution in [2.45, 2.75) is 76.7 Å². The van der Waals surface area contributed by atoms with E-state index in [0.29, 0.717) is 65.9 Å². The Bertz CT molecular complexity index is 1880. The number of nitrogens with one attached hydrogen (secondary N) is 2. The summed E-state index contributed by atoms with van der Waals surface area (Å²) in [6, 6.07) is 15.0. The van der Waals surface area contributed by atoms with Crippen molar-refractivity contribution >= 4 is 34.4 Å². The Morgan fingerprint density at radius 3 is 2.56 bits per heavy atom. The third-order valence-corrected chi connectivity index (χ3v) is 11.4. The minimum Gasteiger partial charge on any atom is -0.455 e. The minimum atomic E-state index is -0.358. The van der Waals surface area contributed by atoms with Gasteiger partial charge in [-0.05, 0) is 99.1 Å². The highest BCUT2D eigenvalue weighted by Gasteiger charge is 2.31. The third kappa shape index (κ3) is 9.46. The molecule has 0 spiro atoms. The average Bonchev–Trinajstić information content (AvgIpc) is 3.58. The zero-order valence-corrected chi connectivity index (χ0v) is 31.3. The summed E-state index contributed by atoms with van der Waals surface area (Å²) < 4.78 is 14.0. The molecule has 2 aromatic carbocycles. The monoisotopic (exact) mass is 734 g/mol. The molecule has 2 amide bonds. The normalized spacial score (nSPS) is 20.4. The second kappa shape index (κ2) is 18.0. The smallest absolute Gasteiger partial charge is 0.247 e. The number of amides is 2. The number of hydrogen-bond donors (Lipinski definition) is 3. The molecule has 3 heterocycles. The van der Waals surface area contributed by atoms with Crippen molar-refractivity contribution in [3.63, 3.8) is 0 Å². The number of nitrogens with zero attached hydrogens (tertiary/aromatic N) is 5. The van der Waals surface area contributed by atoms with Gasteiger partial charge in [0.25, 0.3) is 0 Å². The van der Waals surface area contributed by atoms with Gasteiger partial charge in [0.15, 0.2) is 11.4 Å². The summed E-state index contributed by atoms with van der Waals surface area (Å²) in [7, 11) is 0. The van der Waals surface area contributed by atoms with E-state index in [0.717, 1.165) is 62.2 Å². The summed E-state index contributed by atoms with van der Waals surface area (Å²) in [5.74, 6) is 3.99. The molecule has 3 aliphatic rings. The lowest BCUT2D eigenvalue weighted by atomic mass is 9.67. The number of benzene rings is 2. The molecular weight excluding hydrogens is 681 g/mol. The first-order valence-corrected chi connectivity index (χ1v) is 19.8. The molecule has 2 bridgehead atoms. The van der Waals surface area contributed by atoms with Crippen molar-refractivity contribution < 1.29 is 19.1 Å². The highest BCUT2D eigenvalue weighted by molar-refractivity contribution is 6.02. The molecule has 2 aromatic heterocycles. The zero-order chi connectivity index (χ0) is 37.3. The van der Waals surface area contributed by atoms with Gasteiger partial charge in [-0.2, -0.15) is 5.10 Å². The van der Waals surface area contributed by atoms with Gasteiger partial charge in [-0.15, -0.1) is 0 Å². The number of carbonyl (C=O) groups excluding carboxylic acids is 2. The fraction of sp³-hybridized carbons (Fsp3) is 0.500. The van der Waals surface area contributed by atoms with Crippen LogP contribution in [0.25, 0.3) is 22.3 Å². The molecule has 0 radical (unpaired) electrons. The number of piperidine rings is 1. The van der Waals surface area contributed by atoms with E-state index in [4.69, 9.17) is 20.3 Å². The van der Waals surface area contributed by atoms with Crippen LogP contribution in [0.5, 0.6) is 11.5 Å². The molecule has 2 unspecified atom stereocenters. The molecule has 54 heavy (non-hydrogen) atoms. The maximum absolute atomic E-state index is 12.4. The second-order valence-electron chi connectivity index (χ2n) is 15.2. The number of carbonyl (C=O) groups is 2. The molecule has 4 N–H and O–H groups in total. The number of likely N-dealkylation sites (tertiary alicyclic amines) is 1. The van der Waals surface area contributed by atoms with Gasteiger partial charge in [0, 0.05) is 38.2 Å². The Morgan fingerprint density at radius 1 is 0.981 bits per heavy atom. The number of para-hydroxylation sites is 1. The number of nitrogen functional groups attached to an aromatic ring is 1. The van der Waals surface area contributed by atoms with Crippen LogP contribution in [-0.2, 0) is 14.3 Å². The topological polar surface area (TPSA) is 150 Å². The first-order valence-electron chi connectivity index (χ1n) is 19.8. The van der Waals surface area contributed by atoms with E-state index in [1.807, 2.05) is 53.2 Å². The van der Waals surface area contributed by atoms with Crippen LogP contribution in [0.1, 0.15) is 76.7 Å². The van der Waals surface area contributed by atoms with E-state index >= 15 is 0 Å². The van der Waals surface area contributed by atoms with Crippen molar-refractivity contribution in [3.05, 3.63) is 67.5 Å². The molecule has 2 saturated carbocycles. The molecule has 2 aliphatic carbocycles. The number of hydrogen-bond acceptors (Lipinski definition) is 9. The van der Waals surface area contributed by atoms with Crippen LogP contribution >= 0.6 is 0 Å². The van der Waals surface area contributed by atoms with E-state index in [9.17, 15) is 9.59 Å². The van der Waals surface area contributed by atoms with Crippen LogP contribution in [-0.4, -0.2) is 75.9 Å². The molecule has 1 saturated heterocycles. The van der Waals surface area contributed by atoms with Crippen LogP contribution in [0.2, 0.25) is 0 Å². The van der Waals surface area contributed by atoms with E-state index in [1.165, 1.54) is 57.3 Å². The molecule has 7 rings (SSSR count). The van der Waals surface area contributed by atoms with E-state index in [-0.39, 0.29) is 17.9 Å². The predicted octanol–water partition coefficient (Wildman–Crippen LogP) is 7.15. The first-order chi connectivity index (χ1) is 26.4. The van der Waals surface area contributed by atoms with E-state index in [2.05, 4.69) is 32.1 Å². The number of aromatic nitrogens is 4. The third-order valence-electron chi connectivity index (χ3n) is 11.4. The van der Waals surface area contributed by atoms with Crippen LogP contribution in [0, 0.1) is 17.8 Å².